The number of halogens is 1. The molecule has 1 radical (unpaired) electrons. The third kappa shape index (κ3) is 0.888. The number of alkyl halides is 1. The van der Waals surface area contributed by atoms with E-state index >= 15 is 0 Å². The molecule has 0 bridgehead atoms. The molecule has 0 N–H and O–H groups in total. The van der Waals surface area contributed by atoms with Crippen molar-refractivity contribution in [2.75, 3.05) is 0 Å². The SMILES string of the molecule is CC1C(Cl)C1[N]=[Al]. The van der Waals surface area contributed by atoms with Crippen molar-refractivity contribution in [2.45, 2.75) is 18.3 Å². The molecule has 0 amide bonds. The molecule has 3 heteroatoms. The molecule has 0 heterocycles. The first kappa shape index (κ1) is 5.75. The van der Waals surface area contributed by atoms with Crippen molar-refractivity contribution in [1.29, 1.82) is 0 Å². The Kier molecular flexibility index (Phi) is 1.52. The summed E-state index contributed by atoms with van der Waals surface area (Å²) in [5.74, 6) is 0.610. The molecule has 1 aliphatic rings. The van der Waals surface area contributed by atoms with Crippen LogP contribution in [0.15, 0.2) is 3.93 Å². The van der Waals surface area contributed by atoms with Gasteiger partial charge in [-0.05, 0) is 0 Å². The van der Waals surface area contributed by atoms with Crippen LogP contribution in [0.2, 0.25) is 0 Å². The topological polar surface area (TPSA) is 12.4 Å². The van der Waals surface area contributed by atoms with Crippen molar-refractivity contribution in [1.82, 2.24) is 0 Å². The van der Waals surface area contributed by atoms with Crippen LogP contribution in [-0.2, 0) is 0 Å². The van der Waals surface area contributed by atoms with Crippen molar-refractivity contribution in [3.05, 3.63) is 0 Å². The van der Waals surface area contributed by atoms with Gasteiger partial charge in [-0.2, -0.15) is 0 Å². The van der Waals surface area contributed by atoms with E-state index in [1.165, 1.54) is 0 Å². The van der Waals surface area contributed by atoms with E-state index in [0.29, 0.717) is 17.3 Å². The first-order chi connectivity index (χ1) is 3.27. The Labute approximate surface area is 56.3 Å². The predicted molar refractivity (Wildman–Crippen MR) is 30.8 cm³/mol. The minimum absolute atomic E-state index is 0.317. The molecule has 1 rings (SSSR count). The van der Waals surface area contributed by atoms with Gasteiger partial charge in [0.25, 0.3) is 0 Å². The van der Waals surface area contributed by atoms with Gasteiger partial charge in [-0.3, -0.25) is 0 Å². The molecule has 3 atom stereocenters. The van der Waals surface area contributed by atoms with Gasteiger partial charge >= 0.3 is 55.9 Å². The zero-order valence-corrected chi connectivity index (χ0v) is 6.05. The van der Waals surface area contributed by atoms with Gasteiger partial charge in [0.1, 0.15) is 0 Å². The van der Waals surface area contributed by atoms with Gasteiger partial charge in [0.05, 0.1) is 0 Å². The van der Waals surface area contributed by atoms with E-state index in [1.54, 1.807) is 0 Å². The van der Waals surface area contributed by atoms with Crippen LogP contribution in [0.25, 0.3) is 0 Å². The van der Waals surface area contributed by atoms with Crippen LogP contribution >= 0.6 is 11.6 Å². The second-order valence-electron chi connectivity index (χ2n) is 1.94. The van der Waals surface area contributed by atoms with Crippen LogP contribution in [0.1, 0.15) is 6.92 Å². The average molecular weight is 131 g/mol. The molecule has 3 unspecified atom stereocenters. The van der Waals surface area contributed by atoms with Crippen LogP contribution in [0.4, 0.5) is 0 Å². The van der Waals surface area contributed by atoms with Crippen LogP contribution in [0, 0.1) is 5.92 Å². The molecule has 0 aromatic rings. The zero-order valence-electron chi connectivity index (χ0n) is 4.13. The summed E-state index contributed by atoms with van der Waals surface area (Å²) in [5, 5.41) is 0.317. The van der Waals surface area contributed by atoms with E-state index in [9.17, 15) is 0 Å². The van der Waals surface area contributed by atoms with E-state index in [2.05, 4.69) is 26.9 Å². The van der Waals surface area contributed by atoms with Crippen LogP contribution in [0.3, 0.4) is 0 Å². The summed E-state index contributed by atoms with van der Waals surface area (Å²) >= 11 is 8.04. The van der Waals surface area contributed by atoms with Gasteiger partial charge in [0, 0.05) is 0 Å². The van der Waals surface area contributed by atoms with Gasteiger partial charge in [-0.1, -0.05) is 0 Å². The number of nitrogens with zero attached hydrogens (tertiary/aromatic N) is 1. The van der Waals surface area contributed by atoms with E-state index < -0.39 is 0 Å². The van der Waals surface area contributed by atoms with Crippen molar-refractivity contribution in [3.63, 3.8) is 0 Å². The second-order valence-corrected chi connectivity index (χ2v) is 2.75. The van der Waals surface area contributed by atoms with Gasteiger partial charge in [-0.25, -0.2) is 0 Å². The van der Waals surface area contributed by atoms with Crippen molar-refractivity contribution in [3.8, 4) is 0 Å². The van der Waals surface area contributed by atoms with Crippen molar-refractivity contribution < 1.29 is 0 Å². The Morgan fingerprint density at radius 3 is 2.14 bits per heavy atom. The summed E-state index contributed by atoms with van der Waals surface area (Å²) < 4.78 is 3.95. The van der Waals surface area contributed by atoms with Crippen molar-refractivity contribution >= 4 is 27.7 Å². The van der Waals surface area contributed by atoms with Crippen LogP contribution < -0.4 is 0 Å². The Hall–Kier alpha value is 0.622. The van der Waals surface area contributed by atoms with Gasteiger partial charge < -0.3 is 0 Å². The molecule has 1 saturated carbocycles. The predicted octanol–water partition coefficient (Wildman–Crippen LogP) is 0.964. The molecule has 0 spiro atoms. The van der Waals surface area contributed by atoms with Crippen molar-refractivity contribution in [2.24, 2.45) is 9.85 Å². The van der Waals surface area contributed by atoms with Gasteiger partial charge in [0.15, 0.2) is 0 Å². The Morgan fingerprint density at radius 1 is 1.71 bits per heavy atom. The summed E-state index contributed by atoms with van der Waals surface area (Å²) in [6, 6.07) is 0.423. The first-order valence-electron chi connectivity index (χ1n) is 2.31. The summed E-state index contributed by atoms with van der Waals surface area (Å²) in [5.41, 5.74) is 0. The molecule has 0 aliphatic heterocycles. The quantitative estimate of drug-likeness (QED) is 0.371. The molecule has 7 heavy (non-hydrogen) atoms. The summed E-state index contributed by atoms with van der Waals surface area (Å²) in [6.07, 6.45) is 0. The number of hydrogen-bond donors (Lipinski definition) is 0. The van der Waals surface area contributed by atoms with E-state index in [-0.39, 0.29) is 0 Å². The molecule has 1 fully saturated rings. The molecule has 0 aromatic heterocycles. The summed E-state index contributed by atoms with van der Waals surface area (Å²) in [7, 11) is 0. The molecule has 37 valence electrons. The zero-order chi connectivity index (χ0) is 5.44. The minimum atomic E-state index is 0.317. The van der Waals surface area contributed by atoms with E-state index in [0.717, 1.165) is 0 Å². The maximum atomic E-state index is 5.70. The normalized spacial score (nSPS) is 48.4. The number of hydrogen-bond acceptors (Lipinski definition) is 1. The molecular weight excluding hydrogens is 124 g/mol. The fraction of sp³-hybridized carbons (Fsp3) is 1.00. The fourth-order valence-electron chi connectivity index (χ4n) is 0.612. The molecule has 1 nitrogen and oxygen atoms in total. The molecular formula is C4H6AlClN. The summed E-state index contributed by atoms with van der Waals surface area (Å²) in [6.45, 7) is 2.11. The molecule has 0 saturated heterocycles. The Bertz CT molecular complexity index is 87.7. The Balaban J connectivity index is 2.37. The molecule has 1 aliphatic carbocycles. The fourth-order valence-corrected chi connectivity index (χ4v) is 1.54. The van der Waals surface area contributed by atoms with Gasteiger partial charge in [-0.15, -0.1) is 0 Å². The number of rotatable bonds is 1. The maximum absolute atomic E-state index is 5.70. The summed E-state index contributed by atoms with van der Waals surface area (Å²) in [4.78, 5) is 0. The van der Waals surface area contributed by atoms with Crippen LogP contribution in [-0.4, -0.2) is 27.5 Å². The third-order valence-corrected chi connectivity index (χ3v) is 2.40. The van der Waals surface area contributed by atoms with Gasteiger partial charge in [0.2, 0.25) is 0 Å². The second kappa shape index (κ2) is 1.86. The molecule has 0 aromatic carbocycles. The van der Waals surface area contributed by atoms with E-state index in [1.807, 2.05) is 0 Å². The average Bonchev–Trinajstić information content (AvgIpc) is 2.17. The standard InChI is InChI=1S/C4H6ClN.Al/c1-2-3(5)4(2)6;/h2-4H,1H3;. The van der Waals surface area contributed by atoms with Crippen LogP contribution in [0.5, 0.6) is 0 Å². The third-order valence-electron chi connectivity index (χ3n) is 1.40. The first-order valence-corrected chi connectivity index (χ1v) is 3.26. The monoisotopic (exact) mass is 130 g/mol. The van der Waals surface area contributed by atoms with E-state index in [4.69, 9.17) is 11.6 Å². The Morgan fingerprint density at radius 2 is 2.14 bits per heavy atom.